The maximum atomic E-state index is 12.6. The van der Waals surface area contributed by atoms with Gasteiger partial charge in [0.05, 0.1) is 23.0 Å². The van der Waals surface area contributed by atoms with Gasteiger partial charge in [-0.05, 0) is 17.7 Å². The molecule has 1 aliphatic rings. The second kappa shape index (κ2) is 8.01. The van der Waals surface area contributed by atoms with Crippen LogP contribution in [-0.2, 0) is 17.9 Å². The number of hydrogen-bond donors (Lipinski definition) is 1. The highest BCUT2D eigenvalue weighted by atomic mass is 35.5. The molecule has 1 amide bonds. The van der Waals surface area contributed by atoms with E-state index in [0.717, 1.165) is 5.56 Å². The summed E-state index contributed by atoms with van der Waals surface area (Å²) < 4.78 is 7.45. The Balaban J connectivity index is 1.60. The van der Waals surface area contributed by atoms with Crippen LogP contribution in [0, 0.1) is 0 Å². The fourth-order valence-corrected chi connectivity index (χ4v) is 3.99. The smallest absolute Gasteiger partial charge is 0.339 e. The van der Waals surface area contributed by atoms with Crippen molar-refractivity contribution in [1.82, 2.24) is 9.47 Å². The summed E-state index contributed by atoms with van der Waals surface area (Å²) in [5, 5.41) is 9.94. The van der Waals surface area contributed by atoms with Crippen LogP contribution in [0.25, 0.3) is 11.3 Å². The van der Waals surface area contributed by atoms with E-state index in [4.69, 9.17) is 16.3 Å². The average Bonchev–Trinajstić information content (AvgIpc) is 3.04. The molecule has 1 aliphatic heterocycles. The van der Waals surface area contributed by atoms with Crippen molar-refractivity contribution in [2.75, 3.05) is 13.2 Å². The third kappa shape index (κ3) is 3.71. The number of halogens is 1. The molecule has 29 heavy (non-hydrogen) atoms. The number of ether oxygens (including phenoxy) is 1. The molecular weight excluding hydrogens is 392 g/mol. The molecule has 2 aromatic carbocycles. The fraction of sp³-hybridized carbons (Fsp3) is 0.182. The highest BCUT2D eigenvalue weighted by molar-refractivity contribution is 6.36. The van der Waals surface area contributed by atoms with Crippen molar-refractivity contribution in [3.05, 3.63) is 76.9 Å². The summed E-state index contributed by atoms with van der Waals surface area (Å²) in [7, 11) is 0. The van der Waals surface area contributed by atoms with Gasteiger partial charge in [0.25, 0.3) is 5.91 Å². The number of carbonyl (C=O) groups excluding carboxylic acids is 1. The lowest BCUT2D eigenvalue weighted by molar-refractivity contribution is -0.134. The van der Waals surface area contributed by atoms with E-state index in [0.29, 0.717) is 30.2 Å². The molecule has 0 saturated carbocycles. The number of para-hydroxylation sites is 1. The number of aromatic nitrogens is 1. The first-order valence-electron chi connectivity index (χ1n) is 9.21. The van der Waals surface area contributed by atoms with Crippen LogP contribution >= 0.6 is 11.6 Å². The zero-order chi connectivity index (χ0) is 20.4. The van der Waals surface area contributed by atoms with Crippen molar-refractivity contribution >= 4 is 23.5 Å². The van der Waals surface area contributed by atoms with Crippen LogP contribution in [0.4, 0.5) is 0 Å². The molecule has 148 valence electrons. The minimum atomic E-state index is -1.10. The number of aromatic carboxylic acids is 1. The normalized spacial score (nSPS) is 13.1. The molecule has 7 heteroatoms. The van der Waals surface area contributed by atoms with Gasteiger partial charge in [-0.1, -0.05) is 60.1 Å². The number of nitrogens with zero attached hydrogens (tertiary/aromatic N) is 2. The number of amides is 1. The molecule has 0 aliphatic carbocycles. The van der Waals surface area contributed by atoms with E-state index in [2.05, 4.69) is 0 Å². The zero-order valence-corrected chi connectivity index (χ0v) is 16.3. The number of carbonyl (C=O) groups is 2. The van der Waals surface area contributed by atoms with E-state index in [1.165, 1.54) is 0 Å². The first kappa shape index (κ1) is 19.1. The Morgan fingerprint density at radius 3 is 2.31 bits per heavy atom. The molecular formula is C22H19ClN2O4. The van der Waals surface area contributed by atoms with E-state index in [1.54, 1.807) is 17.0 Å². The molecule has 0 fully saturated rings. The van der Waals surface area contributed by atoms with E-state index in [1.807, 2.05) is 53.1 Å². The van der Waals surface area contributed by atoms with Crippen molar-refractivity contribution in [2.45, 2.75) is 13.1 Å². The first-order chi connectivity index (χ1) is 14.1. The Labute approximate surface area is 172 Å². The lowest BCUT2D eigenvalue weighted by atomic mass is 10.1. The standard InChI is InChI=1S/C22H19ClN2O4/c23-20-19(22(27)28)17-13-24(18(26)14-29-16-9-5-2-6-10-16)11-12-25(17)21(20)15-7-3-1-4-8-15/h1-10H,11-14H2,(H,27,28). The third-order valence-corrected chi connectivity index (χ3v) is 5.33. The lowest BCUT2D eigenvalue weighted by Crippen LogP contribution is -2.41. The van der Waals surface area contributed by atoms with Crippen molar-refractivity contribution < 1.29 is 19.4 Å². The van der Waals surface area contributed by atoms with E-state index < -0.39 is 5.97 Å². The summed E-state index contributed by atoms with van der Waals surface area (Å²) in [6, 6.07) is 18.5. The summed E-state index contributed by atoms with van der Waals surface area (Å²) in [6.45, 7) is 0.981. The predicted octanol–water partition coefficient (Wildman–Crippen LogP) is 3.93. The van der Waals surface area contributed by atoms with Gasteiger partial charge in [0, 0.05) is 13.1 Å². The van der Waals surface area contributed by atoms with Gasteiger partial charge in [-0.3, -0.25) is 4.79 Å². The number of benzene rings is 2. The topological polar surface area (TPSA) is 71.8 Å². The van der Waals surface area contributed by atoms with Gasteiger partial charge in [-0.25, -0.2) is 4.79 Å². The molecule has 0 unspecified atom stereocenters. The molecule has 1 N–H and O–H groups in total. The molecule has 1 aromatic heterocycles. The summed E-state index contributed by atoms with van der Waals surface area (Å²) >= 11 is 6.49. The van der Waals surface area contributed by atoms with E-state index in [-0.39, 0.29) is 29.6 Å². The third-order valence-electron chi connectivity index (χ3n) is 4.97. The number of rotatable bonds is 5. The summed E-state index contributed by atoms with van der Waals surface area (Å²) in [6.07, 6.45) is 0. The average molecular weight is 411 g/mol. The quantitative estimate of drug-likeness (QED) is 0.691. The minimum Gasteiger partial charge on any atom is -0.484 e. The van der Waals surface area contributed by atoms with Crippen molar-refractivity contribution in [3.63, 3.8) is 0 Å². The van der Waals surface area contributed by atoms with Gasteiger partial charge in [0.1, 0.15) is 11.3 Å². The molecule has 6 nitrogen and oxygen atoms in total. The van der Waals surface area contributed by atoms with Crippen LogP contribution < -0.4 is 4.74 Å². The number of carboxylic acids is 1. The predicted molar refractivity (Wildman–Crippen MR) is 109 cm³/mol. The maximum Gasteiger partial charge on any atom is 0.339 e. The molecule has 0 bridgehead atoms. The first-order valence-corrected chi connectivity index (χ1v) is 9.59. The van der Waals surface area contributed by atoms with Crippen molar-refractivity contribution in [2.24, 2.45) is 0 Å². The fourth-order valence-electron chi connectivity index (χ4n) is 3.59. The van der Waals surface area contributed by atoms with Gasteiger partial charge >= 0.3 is 5.97 Å². The summed E-state index contributed by atoms with van der Waals surface area (Å²) in [4.78, 5) is 26.1. The second-order valence-corrected chi connectivity index (χ2v) is 7.10. The lowest BCUT2D eigenvalue weighted by Gasteiger charge is -2.30. The van der Waals surface area contributed by atoms with E-state index in [9.17, 15) is 14.7 Å². The molecule has 0 atom stereocenters. The van der Waals surface area contributed by atoms with Gasteiger partial charge in [-0.15, -0.1) is 0 Å². The maximum absolute atomic E-state index is 12.6. The van der Waals surface area contributed by atoms with Crippen molar-refractivity contribution in [3.8, 4) is 17.0 Å². The summed E-state index contributed by atoms with van der Waals surface area (Å²) in [5.74, 6) is -0.687. The Morgan fingerprint density at radius 2 is 1.66 bits per heavy atom. The van der Waals surface area contributed by atoms with Gasteiger partial charge in [0.2, 0.25) is 0 Å². The minimum absolute atomic E-state index is 0.0481. The number of carboxylic acid groups (broad SMARTS) is 1. The molecule has 0 spiro atoms. The Kier molecular flexibility index (Phi) is 5.27. The molecule has 3 aromatic rings. The highest BCUT2D eigenvalue weighted by Crippen LogP contribution is 2.38. The second-order valence-electron chi connectivity index (χ2n) is 6.72. The highest BCUT2D eigenvalue weighted by Gasteiger charge is 2.32. The van der Waals surface area contributed by atoms with Gasteiger partial charge in [0.15, 0.2) is 6.61 Å². The van der Waals surface area contributed by atoms with Crippen LogP contribution in [0.3, 0.4) is 0 Å². The zero-order valence-electron chi connectivity index (χ0n) is 15.5. The molecule has 2 heterocycles. The largest absolute Gasteiger partial charge is 0.484 e. The van der Waals surface area contributed by atoms with Gasteiger partial charge in [-0.2, -0.15) is 0 Å². The summed E-state index contributed by atoms with van der Waals surface area (Å²) in [5.41, 5.74) is 2.10. The van der Waals surface area contributed by atoms with Crippen molar-refractivity contribution in [1.29, 1.82) is 0 Å². The molecule has 4 rings (SSSR count). The molecule has 0 saturated heterocycles. The van der Waals surface area contributed by atoms with Crippen LogP contribution in [0.15, 0.2) is 60.7 Å². The van der Waals surface area contributed by atoms with Crippen LogP contribution in [0.1, 0.15) is 16.1 Å². The molecule has 0 radical (unpaired) electrons. The SMILES string of the molecule is O=C(O)c1c(Cl)c(-c2ccccc2)n2c1CN(C(=O)COc1ccccc1)CC2. The van der Waals surface area contributed by atoms with Crippen LogP contribution in [0.2, 0.25) is 5.02 Å². The van der Waals surface area contributed by atoms with Crippen LogP contribution in [0.5, 0.6) is 5.75 Å². The Hall–Kier alpha value is -3.25. The van der Waals surface area contributed by atoms with E-state index >= 15 is 0 Å². The monoisotopic (exact) mass is 410 g/mol. The Bertz CT molecular complexity index is 1050. The number of fused-ring (bicyclic) bond motifs is 1. The van der Waals surface area contributed by atoms with Crippen LogP contribution in [-0.4, -0.2) is 39.6 Å². The number of hydrogen-bond acceptors (Lipinski definition) is 3. The van der Waals surface area contributed by atoms with Gasteiger partial charge < -0.3 is 19.3 Å². The Morgan fingerprint density at radius 1 is 1.00 bits per heavy atom.